The fraction of sp³-hybridized carbons (Fsp3) is 0.364. The van der Waals surface area contributed by atoms with E-state index in [0.717, 1.165) is 5.75 Å². The smallest absolute Gasteiger partial charge is 0.207 e. The second-order valence-corrected chi connectivity index (χ2v) is 7.64. The summed E-state index contributed by atoms with van der Waals surface area (Å²) in [6.45, 7) is 0. The molecule has 0 unspecified atom stereocenters. The van der Waals surface area contributed by atoms with Crippen molar-refractivity contribution in [3.05, 3.63) is 28.7 Å². The summed E-state index contributed by atoms with van der Waals surface area (Å²) in [5.74, 6) is 1.29. The molecule has 1 atom stereocenters. The normalized spacial score (nSPS) is 23.8. The molecule has 0 aromatic heterocycles. The van der Waals surface area contributed by atoms with E-state index in [-0.39, 0.29) is 4.90 Å². The molecule has 0 spiro atoms. The molecule has 1 fully saturated rings. The van der Waals surface area contributed by atoms with Crippen LogP contribution in [0.15, 0.2) is 33.6 Å². The van der Waals surface area contributed by atoms with Gasteiger partial charge in [0, 0.05) is 10.2 Å². The highest BCUT2D eigenvalue weighted by Crippen LogP contribution is 2.30. The molecule has 0 aliphatic carbocycles. The first-order valence-electron chi connectivity index (χ1n) is 5.27. The van der Waals surface area contributed by atoms with Crippen molar-refractivity contribution in [2.75, 3.05) is 11.5 Å². The van der Waals surface area contributed by atoms with Gasteiger partial charge in [0.15, 0.2) is 0 Å². The van der Waals surface area contributed by atoms with E-state index in [0.29, 0.717) is 16.6 Å². The van der Waals surface area contributed by atoms with E-state index >= 15 is 0 Å². The van der Waals surface area contributed by atoms with Gasteiger partial charge >= 0.3 is 0 Å². The van der Waals surface area contributed by atoms with Crippen molar-refractivity contribution in [3.63, 3.8) is 0 Å². The minimum absolute atomic E-state index is 0.163. The standard InChI is InChI=1S/C11H11BrN2O2S2/c12-9-3-1-2-4-10(9)18(15,16)14-11(7-13)5-6-17-8-11/h1-4,14H,5-6,8H2/t11-/m0/s1. The number of nitriles is 1. The predicted molar refractivity (Wildman–Crippen MR) is 74.7 cm³/mol. The molecule has 1 heterocycles. The number of sulfonamides is 1. The lowest BCUT2D eigenvalue weighted by molar-refractivity contribution is 0.514. The molecular formula is C11H11BrN2O2S2. The van der Waals surface area contributed by atoms with Crippen molar-refractivity contribution in [2.45, 2.75) is 16.9 Å². The van der Waals surface area contributed by atoms with Crippen molar-refractivity contribution in [1.82, 2.24) is 4.72 Å². The van der Waals surface area contributed by atoms with E-state index in [1.807, 2.05) is 0 Å². The van der Waals surface area contributed by atoms with E-state index < -0.39 is 15.6 Å². The number of rotatable bonds is 3. The largest absolute Gasteiger partial charge is 0.243 e. The van der Waals surface area contributed by atoms with Crippen molar-refractivity contribution < 1.29 is 8.42 Å². The lowest BCUT2D eigenvalue weighted by Gasteiger charge is -2.21. The SMILES string of the molecule is N#C[C@@]1(NS(=O)(=O)c2ccccc2Br)CCSC1. The Kier molecular flexibility index (Phi) is 4.02. The van der Waals surface area contributed by atoms with Gasteiger partial charge in [-0.2, -0.15) is 21.7 Å². The van der Waals surface area contributed by atoms with Gasteiger partial charge in [0.2, 0.25) is 10.0 Å². The highest BCUT2D eigenvalue weighted by molar-refractivity contribution is 9.10. The molecule has 4 nitrogen and oxygen atoms in total. The van der Waals surface area contributed by atoms with Crippen LogP contribution in [0.3, 0.4) is 0 Å². The zero-order valence-corrected chi connectivity index (χ0v) is 12.6. The van der Waals surface area contributed by atoms with Gasteiger partial charge < -0.3 is 0 Å². The third-order valence-corrected chi connectivity index (χ3v) is 6.43. The molecule has 1 N–H and O–H groups in total. The molecule has 0 bridgehead atoms. The molecule has 0 saturated carbocycles. The van der Waals surface area contributed by atoms with Gasteiger partial charge in [0.25, 0.3) is 0 Å². The summed E-state index contributed by atoms with van der Waals surface area (Å²) in [5, 5.41) is 9.19. The summed E-state index contributed by atoms with van der Waals surface area (Å²) < 4.78 is 27.6. The first kappa shape index (κ1) is 13.9. The number of thioether (sulfide) groups is 1. The predicted octanol–water partition coefficient (Wildman–Crippen LogP) is 2.13. The Morgan fingerprint density at radius 2 is 2.17 bits per heavy atom. The summed E-state index contributed by atoms with van der Waals surface area (Å²) in [5.41, 5.74) is -0.973. The van der Waals surface area contributed by atoms with Gasteiger partial charge in [0.05, 0.1) is 11.0 Å². The molecule has 18 heavy (non-hydrogen) atoms. The van der Waals surface area contributed by atoms with E-state index in [1.54, 1.807) is 30.0 Å². The second-order valence-electron chi connectivity index (χ2n) is 4.03. The first-order valence-corrected chi connectivity index (χ1v) is 8.70. The highest BCUT2D eigenvalue weighted by Gasteiger charge is 2.39. The number of nitrogens with one attached hydrogen (secondary N) is 1. The quantitative estimate of drug-likeness (QED) is 0.909. The number of hydrogen-bond acceptors (Lipinski definition) is 4. The van der Waals surface area contributed by atoms with Gasteiger partial charge in [0.1, 0.15) is 5.54 Å². The van der Waals surface area contributed by atoms with Crippen LogP contribution in [0.4, 0.5) is 0 Å². The molecule has 7 heteroatoms. The van der Waals surface area contributed by atoms with Crippen LogP contribution in [0, 0.1) is 11.3 Å². The van der Waals surface area contributed by atoms with Crippen LogP contribution in [0.1, 0.15) is 6.42 Å². The Hall–Kier alpha value is -0.550. The number of benzene rings is 1. The fourth-order valence-electron chi connectivity index (χ4n) is 1.73. The van der Waals surface area contributed by atoms with Crippen LogP contribution in [0.25, 0.3) is 0 Å². The van der Waals surface area contributed by atoms with Gasteiger partial charge in [-0.05, 0) is 40.2 Å². The molecule has 1 saturated heterocycles. The molecular weight excluding hydrogens is 336 g/mol. The van der Waals surface area contributed by atoms with Gasteiger partial charge in [-0.1, -0.05) is 12.1 Å². The van der Waals surface area contributed by atoms with Crippen LogP contribution in [-0.4, -0.2) is 25.5 Å². The molecule has 0 amide bonds. The summed E-state index contributed by atoms with van der Waals surface area (Å²) in [6, 6.07) is 8.67. The molecule has 0 radical (unpaired) electrons. The van der Waals surface area contributed by atoms with Crippen molar-refractivity contribution in [2.24, 2.45) is 0 Å². The zero-order chi connectivity index (χ0) is 13.2. The summed E-state index contributed by atoms with van der Waals surface area (Å²) in [4.78, 5) is 0.163. The third kappa shape index (κ3) is 2.72. The maximum atomic E-state index is 12.3. The van der Waals surface area contributed by atoms with Gasteiger partial charge in [-0.15, -0.1) is 0 Å². The zero-order valence-electron chi connectivity index (χ0n) is 9.39. The maximum Gasteiger partial charge on any atom is 0.243 e. The van der Waals surface area contributed by atoms with Crippen molar-refractivity contribution in [3.8, 4) is 6.07 Å². The Morgan fingerprint density at radius 3 is 2.72 bits per heavy atom. The second kappa shape index (κ2) is 5.21. The molecule has 1 aromatic rings. The Bertz CT molecular complexity index is 589. The topological polar surface area (TPSA) is 70.0 Å². The lowest BCUT2D eigenvalue weighted by Crippen LogP contribution is -2.47. The van der Waals surface area contributed by atoms with E-state index in [4.69, 9.17) is 0 Å². The van der Waals surface area contributed by atoms with Crippen LogP contribution in [0.2, 0.25) is 0 Å². The Labute approximate surface area is 119 Å². The van der Waals surface area contributed by atoms with Crippen LogP contribution >= 0.6 is 27.7 Å². The summed E-state index contributed by atoms with van der Waals surface area (Å²) in [7, 11) is -3.68. The van der Waals surface area contributed by atoms with Gasteiger partial charge in [-0.25, -0.2) is 8.42 Å². The minimum atomic E-state index is -3.68. The number of hydrogen-bond donors (Lipinski definition) is 1. The van der Waals surface area contributed by atoms with Crippen LogP contribution in [0.5, 0.6) is 0 Å². The molecule has 2 rings (SSSR count). The monoisotopic (exact) mass is 346 g/mol. The number of nitrogens with zero attached hydrogens (tertiary/aromatic N) is 1. The molecule has 1 aliphatic rings. The average molecular weight is 347 g/mol. The first-order chi connectivity index (χ1) is 8.49. The number of halogens is 1. The highest BCUT2D eigenvalue weighted by atomic mass is 79.9. The summed E-state index contributed by atoms with van der Waals surface area (Å²) >= 11 is 4.80. The average Bonchev–Trinajstić information content (AvgIpc) is 2.78. The molecule has 96 valence electrons. The van der Waals surface area contributed by atoms with E-state index in [1.165, 1.54) is 6.07 Å². The Morgan fingerprint density at radius 1 is 1.44 bits per heavy atom. The fourth-order valence-corrected chi connectivity index (χ4v) is 5.44. The van der Waals surface area contributed by atoms with E-state index in [9.17, 15) is 13.7 Å². The van der Waals surface area contributed by atoms with Crippen molar-refractivity contribution in [1.29, 1.82) is 5.26 Å². The van der Waals surface area contributed by atoms with E-state index in [2.05, 4.69) is 26.7 Å². The lowest BCUT2D eigenvalue weighted by atomic mass is 10.0. The minimum Gasteiger partial charge on any atom is -0.207 e. The van der Waals surface area contributed by atoms with Crippen molar-refractivity contribution >= 4 is 37.7 Å². The van der Waals surface area contributed by atoms with Crippen LogP contribution in [-0.2, 0) is 10.0 Å². The molecule has 1 aromatic carbocycles. The maximum absolute atomic E-state index is 12.3. The van der Waals surface area contributed by atoms with Crippen LogP contribution < -0.4 is 4.72 Å². The third-order valence-electron chi connectivity index (χ3n) is 2.69. The van der Waals surface area contributed by atoms with Gasteiger partial charge in [-0.3, -0.25) is 0 Å². The Balaban J connectivity index is 2.34. The summed E-state index contributed by atoms with van der Waals surface area (Å²) in [6.07, 6.45) is 0.540. The molecule has 1 aliphatic heterocycles.